The van der Waals surface area contributed by atoms with Crippen LogP contribution in [-0.2, 0) is 0 Å². The monoisotopic (exact) mass is 271 g/mol. The fourth-order valence-corrected chi connectivity index (χ4v) is 3.60. The minimum Gasteiger partial charge on any atom is -0.497 e. The Bertz CT molecular complexity index is 553. The second-order valence-electron chi connectivity index (χ2n) is 4.66. The summed E-state index contributed by atoms with van der Waals surface area (Å²) < 4.78 is 5.16. The van der Waals surface area contributed by atoms with Crippen molar-refractivity contribution < 1.29 is 4.74 Å². The van der Waals surface area contributed by atoms with Gasteiger partial charge in [-0.15, -0.1) is 11.8 Å². The summed E-state index contributed by atoms with van der Waals surface area (Å²) in [7, 11) is 1.69. The first-order valence-corrected chi connectivity index (χ1v) is 7.45. The molecule has 1 heterocycles. The molecule has 2 aromatic rings. The summed E-state index contributed by atoms with van der Waals surface area (Å²) in [5, 5.41) is 3.51. The van der Waals surface area contributed by atoms with E-state index in [1.165, 1.54) is 16.2 Å². The molecule has 0 amide bonds. The summed E-state index contributed by atoms with van der Waals surface area (Å²) in [5.41, 5.74) is 2.63. The minimum atomic E-state index is 0.600. The highest BCUT2D eigenvalue weighted by atomic mass is 32.2. The van der Waals surface area contributed by atoms with Crippen molar-refractivity contribution in [1.82, 2.24) is 0 Å². The van der Waals surface area contributed by atoms with E-state index in [9.17, 15) is 0 Å². The Kier molecular flexibility index (Phi) is 3.65. The van der Waals surface area contributed by atoms with Gasteiger partial charge in [0.2, 0.25) is 0 Å². The summed E-state index contributed by atoms with van der Waals surface area (Å²) in [6.45, 7) is 0.982. The number of hydrogen-bond donors (Lipinski definition) is 1. The van der Waals surface area contributed by atoms with Crippen molar-refractivity contribution in [3.05, 3.63) is 54.1 Å². The minimum absolute atomic E-state index is 0.600. The van der Waals surface area contributed by atoms with E-state index in [2.05, 4.69) is 41.7 Å². The predicted molar refractivity (Wildman–Crippen MR) is 81.4 cm³/mol. The van der Waals surface area contributed by atoms with Crippen molar-refractivity contribution in [2.75, 3.05) is 24.7 Å². The third-order valence-electron chi connectivity index (χ3n) is 3.44. The standard InChI is InChI=1S/C16H17NOS/c1-18-14-8-6-13(7-9-14)17-10-12-11-19-16-5-3-2-4-15(12)16/h2-9,12,17H,10-11H2,1H3. The second-order valence-corrected chi connectivity index (χ2v) is 5.72. The van der Waals surface area contributed by atoms with Gasteiger partial charge in [0.15, 0.2) is 0 Å². The van der Waals surface area contributed by atoms with Crippen molar-refractivity contribution in [3.63, 3.8) is 0 Å². The summed E-state index contributed by atoms with van der Waals surface area (Å²) in [6.07, 6.45) is 0. The Morgan fingerprint density at radius 3 is 2.74 bits per heavy atom. The van der Waals surface area contributed by atoms with Crippen LogP contribution in [0, 0.1) is 0 Å². The lowest BCUT2D eigenvalue weighted by Crippen LogP contribution is -2.12. The zero-order valence-corrected chi connectivity index (χ0v) is 11.7. The van der Waals surface area contributed by atoms with Gasteiger partial charge in [-0.1, -0.05) is 18.2 Å². The SMILES string of the molecule is COc1ccc(NCC2CSc3ccccc32)cc1. The number of ether oxygens (including phenoxy) is 1. The van der Waals surface area contributed by atoms with Crippen LogP contribution >= 0.6 is 11.8 Å². The summed E-state index contributed by atoms with van der Waals surface area (Å²) in [5.74, 6) is 2.67. The fraction of sp³-hybridized carbons (Fsp3) is 0.250. The molecule has 1 aliphatic heterocycles. The van der Waals surface area contributed by atoms with Gasteiger partial charge in [0.25, 0.3) is 0 Å². The smallest absolute Gasteiger partial charge is 0.119 e. The first-order chi connectivity index (χ1) is 9.36. The quantitative estimate of drug-likeness (QED) is 0.908. The highest BCUT2D eigenvalue weighted by Gasteiger charge is 2.22. The van der Waals surface area contributed by atoms with Crippen molar-refractivity contribution >= 4 is 17.4 Å². The maximum absolute atomic E-state index is 5.16. The molecule has 2 nitrogen and oxygen atoms in total. The number of hydrogen-bond acceptors (Lipinski definition) is 3. The van der Waals surface area contributed by atoms with Gasteiger partial charge in [0, 0.05) is 28.8 Å². The number of rotatable bonds is 4. The number of nitrogens with one attached hydrogen (secondary N) is 1. The molecule has 0 fully saturated rings. The van der Waals surface area contributed by atoms with Crippen LogP contribution in [0.4, 0.5) is 5.69 Å². The molecule has 1 unspecified atom stereocenters. The largest absolute Gasteiger partial charge is 0.497 e. The highest BCUT2D eigenvalue weighted by Crippen LogP contribution is 2.39. The molecule has 0 bridgehead atoms. The van der Waals surface area contributed by atoms with Gasteiger partial charge in [-0.2, -0.15) is 0 Å². The average molecular weight is 271 g/mol. The predicted octanol–water partition coefficient (Wildman–Crippen LogP) is 4.00. The number of methoxy groups -OCH3 is 1. The Labute approximate surface area is 118 Å². The molecule has 2 aromatic carbocycles. The lowest BCUT2D eigenvalue weighted by molar-refractivity contribution is 0.415. The third-order valence-corrected chi connectivity index (χ3v) is 4.69. The molecule has 98 valence electrons. The highest BCUT2D eigenvalue weighted by molar-refractivity contribution is 7.99. The number of anilines is 1. The Morgan fingerprint density at radius 2 is 1.95 bits per heavy atom. The van der Waals surface area contributed by atoms with Crippen molar-refractivity contribution in [2.24, 2.45) is 0 Å². The van der Waals surface area contributed by atoms with E-state index < -0.39 is 0 Å². The maximum Gasteiger partial charge on any atom is 0.119 e. The van der Waals surface area contributed by atoms with E-state index in [4.69, 9.17) is 4.74 Å². The molecular weight excluding hydrogens is 254 g/mol. The summed E-state index contributed by atoms with van der Waals surface area (Å²) in [4.78, 5) is 1.43. The Morgan fingerprint density at radius 1 is 1.16 bits per heavy atom. The molecule has 1 N–H and O–H groups in total. The lowest BCUT2D eigenvalue weighted by atomic mass is 10.0. The van der Waals surface area contributed by atoms with Crippen molar-refractivity contribution in [2.45, 2.75) is 10.8 Å². The van der Waals surface area contributed by atoms with Crippen LogP contribution in [-0.4, -0.2) is 19.4 Å². The van der Waals surface area contributed by atoms with Crippen molar-refractivity contribution in [3.8, 4) is 5.75 Å². The molecule has 0 radical (unpaired) electrons. The van der Waals surface area contributed by atoms with Gasteiger partial charge < -0.3 is 10.1 Å². The topological polar surface area (TPSA) is 21.3 Å². The number of fused-ring (bicyclic) bond motifs is 1. The first-order valence-electron chi connectivity index (χ1n) is 6.46. The zero-order valence-electron chi connectivity index (χ0n) is 10.9. The van der Waals surface area contributed by atoms with Crippen LogP contribution in [0.1, 0.15) is 11.5 Å². The van der Waals surface area contributed by atoms with Gasteiger partial charge >= 0.3 is 0 Å². The van der Waals surface area contributed by atoms with Gasteiger partial charge in [-0.3, -0.25) is 0 Å². The average Bonchev–Trinajstić information content (AvgIpc) is 2.89. The molecule has 0 aromatic heterocycles. The molecule has 1 aliphatic rings. The van der Waals surface area contributed by atoms with Gasteiger partial charge in [0.1, 0.15) is 5.75 Å². The first kappa shape index (κ1) is 12.4. The van der Waals surface area contributed by atoms with Gasteiger partial charge in [0.05, 0.1) is 7.11 Å². The molecule has 19 heavy (non-hydrogen) atoms. The fourth-order valence-electron chi connectivity index (χ4n) is 2.35. The molecule has 1 atom stereocenters. The normalized spacial score (nSPS) is 17.0. The van der Waals surface area contributed by atoms with Crippen LogP contribution < -0.4 is 10.1 Å². The lowest BCUT2D eigenvalue weighted by Gasteiger charge is -2.13. The van der Waals surface area contributed by atoms with E-state index >= 15 is 0 Å². The van der Waals surface area contributed by atoms with Crippen LogP contribution in [0.15, 0.2) is 53.4 Å². The zero-order chi connectivity index (χ0) is 13.1. The van der Waals surface area contributed by atoms with Crippen LogP contribution in [0.3, 0.4) is 0 Å². The van der Waals surface area contributed by atoms with Crippen molar-refractivity contribution in [1.29, 1.82) is 0 Å². The summed E-state index contributed by atoms with van der Waals surface area (Å²) in [6, 6.07) is 16.8. The van der Waals surface area contributed by atoms with E-state index in [1.54, 1.807) is 7.11 Å². The molecular formula is C16H17NOS. The van der Waals surface area contributed by atoms with E-state index in [0.29, 0.717) is 5.92 Å². The Balaban J connectivity index is 1.64. The van der Waals surface area contributed by atoms with Gasteiger partial charge in [-0.25, -0.2) is 0 Å². The molecule has 0 saturated heterocycles. The molecule has 3 heteroatoms. The second kappa shape index (κ2) is 5.57. The Hall–Kier alpha value is -1.61. The summed E-state index contributed by atoms with van der Waals surface area (Å²) >= 11 is 1.96. The van der Waals surface area contributed by atoms with Crippen LogP contribution in [0.2, 0.25) is 0 Å². The number of thioether (sulfide) groups is 1. The van der Waals surface area contributed by atoms with E-state index in [-0.39, 0.29) is 0 Å². The molecule has 3 rings (SSSR count). The molecule has 0 spiro atoms. The van der Waals surface area contributed by atoms with Gasteiger partial charge in [-0.05, 0) is 35.9 Å². The molecule has 0 aliphatic carbocycles. The molecule has 0 saturated carbocycles. The van der Waals surface area contributed by atoms with E-state index in [0.717, 1.165) is 18.0 Å². The maximum atomic E-state index is 5.16. The van der Waals surface area contributed by atoms with Crippen LogP contribution in [0.5, 0.6) is 5.75 Å². The van der Waals surface area contributed by atoms with E-state index in [1.807, 2.05) is 23.9 Å². The number of benzene rings is 2. The third kappa shape index (κ3) is 2.71. The van der Waals surface area contributed by atoms with Crippen LogP contribution in [0.25, 0.3) is 0 Å².